The minimum absolute atomic E-state index is 0. The fraction of sp³-hybridized carbons (Fsp3) is 0.700. The Balaban J connectivity index is -0.0000000761. The highest BCUT2D eigenvalue weighted by atomic mass is 32.1. The summed E-state index contributed by atoms with van der Waals surface area (Å²) in [4.78, 5) is 5.33. The summed E-state index contributed by atoms with van der Waals surface area (Å²) in [5.41, 5.74) is 1.87. The minimum atomic E-state index is 0. The first-order valence-electron chi connectivity index (χ1n) is 3.69. The topological polar surface area (TPSA) is 12.9 Å². The first-order chi connectivity index (χ1) is 4.80. The molecule has 0 amide bonds. The van der Waals surface area contributed by atoms with E-state index in [1.165, 1.54) is 4.88 Å². The molecule has 0 saturated heterocycles. The zero-order chi connectivity index (χ0) is 7.98. The lowest BCUT2D eigenvalue weighted by Gasteiger charge is -1.94. The summed E-state index contributed by atoms with van der Waals surface area (Å²) in [7, 11) is 0. The second-order valence-corrected chi connectivity index (χ2v) is 2.98. The van der Waals surface area contributed by atoms with Crippen molar-refractivity contribution >= 4 is 24.8 Å². The van der Waals surface area contributed by atoms with Crippen LogP contribution in [0.3, 0.4) is 0 Å². The highest BCUT2D eigenvalue weighted by Gasteiger charge is 1.96. The maximum Gasteiger partial charge on any atom is 0.0794 e. The van der Waals surface area contributed by atoms with Gasteiger partial charge in [-0.3, -0.25) is 4.98 Å². The van der Waals surface area contributed by atoms with Crippen LogP contribution in [0.1, 0.15) is 53.3 Å². The Labute approximate surface area is 95.1 Å². The van der Waals surface area contributed by atoms with Crippen LogP contribution >= 0.6 is 24.8 Å². The van der Waals surface area contributed by atoms with Crippen molar-refractivity contribution in [2.24, 2.45) is 0 Å². The second-order valence-electron chi connectivity index (χ2n) is 2.06. The monoisotopic (exact) mass is 223 g/mol. The average Bonchev–Trinajstić information content (AvgIpc) is 2.42. The molecule has 0 bridgehead atoms. The van der Waals surface area contributed by atoms with Crippen molar-refractivity contribution in [3.8, 4) is 0 Å². The number of hydrogen-bond donors (Lipinski definition) is 0. The summed E-state index contributed by atoms with van der Waals surface area (Å²) < 4.78 is 0. The van der Waals surface area contributed by atoms with E-state index in [1.807, 2.05) is 25.6 Å². The van der Waals surface area contributed by atoms with E-state index in [0.29, 0.717) is 5.92 Å². The molecule has 0 saturated carbocycles. The van der Waals surface area contributed by atoms with Crippen LogP contribution in [-0.4, -0.2) is 4.98 Å². The van der Waals surface area contributed by atoms with Crippen molar-refractivity contribution in [1.29, 1.82) is 0 Å². The molecule has 3 heteroatoms. The van der Waals surface area contributed by atoms with Crippen LogP contribution in [0.5, 0.6) is 0 Å². The molecule has 0 unspecified atom stereocenters. The quantitative estimate of drug-likeness (QED) is 0.674. The van der Waals surface area contributed by atoms with Crippen molar-refractivity contribution in [2.75, 3.05) is 0 Å². The van der Waals surface area contributed by atoms with E-state index in [0.717, 1.165) is 0 Å². The number of nitrogens with zero attached hydrogens (tertiary/aromatic N) is 1. The van der Waals surface area contributed by atoms with Crippen LogP contribution in [-0.2, 0) is 0 Å². The summed E-state index contributed by atoms with van der Waals surface area (Å²) in [6, 6.07) is 0. The molecule has 1 aromatic rings. The van der Waals surface area contributed by atoms with Crippen LogP contribution in [0.4, 0.5) is 0 Å². The third-order valence-corrected chi connectivity index (χ3v) is 2.10. The van der Waals surface area contributed by atoms with Gasteiger partial charge in [0.1, 0.15) is 0 Å². The molecule has 1 rings (SSSR count). The third kappa shape index (κ3) is 9.90. The molecule has 13 heavy (non-hydrogen) atoms. The summed E-state index contributed by atoms with van der Waals surface area (Å²) >= 11 is 1.72. The van der Waals surface area contributed by atoms with Gasteiger partial charge >= 0.3 is 0 Å². The predicted octanol–water partition coefficient (Wildman–Crippen LogP) is 4.68. The Morgan fingerprint density at radius 2 is 1.69 bits per heavy atom. The van der Waals surface area contributed by atoms with Gasteiger partial charge in [0.15, 0.2) is 0 Å². The Morgan fingerprint density at radius 1 is 1.23 bits per heavy atom. The molecule has 0 radical (unpaired) electrons. The van der Waals surface area contributed by atoms with Gasteiger partial charge in [-0.05, 0) is 5.92 Å². The standard InChI is InChI=1S/C6H9NS.C2H6.2CH4.H2S/c1-5(2)6-3-7-4-8-6;1-2;;;/h3-5H,1-2H3;1-2H3;2*1H4;1H2. The molecule has 0 aromatic carbocycles. The summed E-state index contributed by atoms with van der Waals surface area (Å²) in [5, 5.41) is 0. The van der Waals surface area contributed by atoms with Gasteiger partial charge in [0.2, 0.25) is 0 Å². The van der Waals surface area contributed by atoms with E-state index in [2.05, 4.69) is 18.8 Å². The van der Waals surface area contributed by atoms with E-state index < -0.39 is 0 Å². The lowest BCUT2D eigenvalue weighted by atomic mass is 10.2. The first kappa shape index (κ1) is 23.1. The van der Waals surface area contributed by atoms with E-state index in [-0.39, 0.29) is 28.3 Å². The fourth-order valence-corrected chi connectivity index (χ4v) is 1.15. The third-order valence-electron chi connectivity index (χ3n) is 1.02. The maximum absolute atomic E-state index is 3.96. The molecule has 1 nitrogen and oxygen atoms in total. The van der Waals surface area contributed by atoms with Gasteiger partial charge in [0, 0.05) is 11.1 Å². The van der Waals surface area contributed by atoms with Gasteiger partial charge in [0.05, 0.1) is 5.51 Å². The molecule has 0 N–H and O–H groups in total. The van der Waals surface area contributed by atoms with E-state index in [4.69, 9.17) is 0 Å². The Kier molecular flexibility index (Phi) is 25.8. The predicted molar refractivity (Wildman–Crippen MR) is 71.4 cm³/mol. The molecular weight excluding hydrogens is 198 g/mol. The van der Waals surface area contributed by atoms with Crippen molar-refractivity contribution in [3.63, 3.8) is 0 Å². The highest BCUT2D eigenvalue weighted by Crippen LogP contribution is 2.16. The highest BCUT2D eigenvalue weighted by molar-refractivity contribution is 7.59. The molecule has 0 spiro atoms. The number of rotatable bonds is 1. The van der Waals surface area contributed by atoms with Gasteiger partial charge in [-0.25, -0.2) is 0 Å². The first-order valence-corrected chi connectivity index (χ1v) is 4.57. The Morgan fingerprint density at radius 3 is 1.85 bits per heavy atom. The number of aromatic nitrogens is 1. The van der Waals surface area contributed by atoms with Crippen molar-refractivity contribution in [1.82, 2.24) is 4.98 Å². The Bertz CT molecular complexity index is 148. The van der Waals surface area contributed by atoms with Gasteiger partial charge in [0.25, 0.3) is 0 Å². The molecule has 0 fully saturated rings. The normalized spacial score (nSPS) is 6.85. The fourth-order valence-electron chi connectivity index (χ4n) is 0.511. The summed E-state index contributed by atoms with van der Waals surface area (Å²) in [6.45, 7) is 8.35. The molecule has 82 valence electrons. The summed E-state index contributed by atoms with van der Waals surface area (Å²) in [5.74, 6) is 0.641. The molecule has 1 aromatic heterocycles. The van der Waals surface area contributed by atoms with Crippen LogP contribution in [0.15, 0.2) is 11.7 Å². The van der Waals surface area contributed by atoms with Crippen molar-refractivity contribution in [2.45, 2.75) is 48.5 Å². The minimum Gasteiger partial charge on any atom is -0.253 e. The zero-order valence-electron chi connectivity index (χ0n) is 7.59. The molecular formula is C10H25NS2. The molecule has 0 atom stereocenters. The van der Waals surface area contributed by atoms with Crippen LogP contribution < -0.4 is 0 Å². The van der Waals surface area contributed by atoms with Crippen molar-refractivity contribution in [3.05, 3.63) is 16.6 Å². The lowest BCUT2D eigenvalue weighted by Crippen LogP contribution is -1.77. The van der Waals surface area contributed by atoms with Crippen LogP contribution in [0.2, 0.25) is 0 Å². The van der Waals surface area contributed by atoms with E-state index in [9.17, 15) is 0 Å². The van der Waals surface area contributed by atoms with Gasteiger partial charge < -0.3 is 0 Å². The van der Waals surface area contributed by atoms with Gasteiger partial charge in [-0.15, -0.1) is 11.3 Å². The largest absolute Gasteiger partial charge is 0.253 e. The van der Waals surface area contributed by atoms with Crippen molar-refractivity contribution < 1.29 is 0 Å². The number of hydrogen-bond acceptors (Lipinski definition) is 2. The van der Waals surface area contributed by atoms with Crippen LogP contribution in [0.25, 0.3) is 0 Å². The second kappa shape index (κ2) is 14.5. The maximum atomic E-state index is 3.96. The average molecular weight is 223 g/mol. The van der Waals surface area contributed by atoms with Gasteiger partial charge in [-0.2, -0.15) is 13.5 Å². The van der Waals surface area contributed by atoms with E-state index >= 15 is 0 Å². The Hall–Kier alpha value is -0.0200. The molecule has 0 aliphatic rings. The van der Waals surface area contributed by atoms with Crippen LogP contribution in [0, 0.1) is 0 Å². The molecule has 0 aliphatic heterocycles. The molecule has 1 heterocycles. The summed E-state index contributed by atoms with van der Waals surface area (Å²) in [6.07, 6.45) is 1.93. The number of thiazole rings is 1. The lowest BCUT2D eigenvalue weighted by molar-refractivity contribution is 0.885. The van der Waals surface area contributed by atoms with Gasteiger partial charge in [-0.1, -0.05) is 42.5 Å². The van der Waals surface area contributed by atoms with E-state index in [1.54, 1.807) is 11.3 Å². The SMILES string of the molecule is C.C.CC.CC(C)c1cncs1.S. The smallest absolute Gasteiger partial charge is 0.0794 e. The zero-order valence-corrected chi connectivity index (χ0v) is 9.40. The molecule has 0 aliphatic carbocycles.